The van der Waals surface area contributed by atoms with Gasteiger partial charge in [-0.15, -0.1) is 0 Å². The van der Waals surface area contributed by atoms with Crippen LogP contribution in [0.15, 0.2) is 0 Å². The average molecular weight is 242 g/mol. The number of aliphatic hydroxyl groups is 1. The van der Waals surface area contributed by atoms with Gasteiger partial charge in [-0.1, -0.05) is 0 Å². The zero-order chi connectivity index (χ0) is 12.7. The first-order chi connectivity index (χ1) is 7.80. The summed E-state index contributed by atoms with van der Waals surface area (Å²) in [5.41, 5.74) is -1.23. The Morgan fingerprint density at radius 2 is 2.12 bits per heavy atom. The van der Waals surface area contributed by atoms with E-state index in [1.807, 2.05) is 20.8 Å². The quantitative estimate of drug-likeness (QED) is 0.711. The molecule has 0 saturated carbocycles. The van der Waals surface area contributed by atoms with Gasteiger partial charge in [-0.25, -0.2) is 4.79 Å². The van der Waals surface area contributed by atoms with E-state index in [0.717, 1.165) is 19.4 Å². The first-order valence-electron chi connectivity index (χ1n) is 6.24. The molecule has 1 amide bonds. The van der Waals surface area contributed by atoms with E-state index in [1.54, 1.807) is 4.90 Å². The normalized spacial score (nSPS) is 27.8. The maximum atomic E-state index is 11.7. The minimum atomic E-state index is -0.757. The van der Waals surface area contributed by atoms with Crippen molar-refractivity contribution in [3.8, 4) is 0 Å². The number of carbonyl (C=O) groups is 1. The molecule has 0 radical (unpaired) electrons. The van der Waals surface area contributed by atoms with E-state index >= 15 is 0 Å². The molecule has 2 fully saturated rings. The Hall–Kier alpha value is -0.810. The molecule has 0 aromatic rings. The fraction of sp³-hybridized carbons (Fsp3) is 0.917. The van der Waals surface area contributed by atoms with Crippen LogP contribution in [0.4, 0.5) is 4.79 Å². The van der Waals surface area contributed by atoms with E-state index in [4.69, 9.17) is 4.74 Å². The molecule has 2 saturated heterocycles. The summed E-state index contributed by atoms with van der Waals surface area (Å²) in [6, 6.07) is 0.126. The Morgan fingerprint density at radius 1 is 1.47 bits per heavy atom. The topological polar surface area (TPSA) is 61.8 Å². The summed E-state index contributed by atoms with van der Waals surface area (Å²) in [6.45, 7) is 7.23. The number of ether oxygens (including phenoxy) is 1. The SMILES string of the molecule is CC(C)(C)OC(=O)N1CC(O)(C2CCCN2)C1. The Morgan fingerprint density at radius 3 is 2.59 bits per heavy atom. The molecule has 98 valence electrons. The van der Waals surface area contributed by atoms with E-state index in [9.17, 15) is 9.90 Å². The summed E-state index contributed by atoms with van der Waals surface area (Å²) in [4.78, 5) is 13.3. The molecule has 0 bridgehead atoms. The molecule has 2 aliphatic heterocycles. The largest absolute Gasteiger partial charge is 0.444 e. The fourth-order valence-electron chi connectivity index (χ4n) is 2.43. The number of rotatable bonds is 1. The fourth-order valence-corrected chi connectivity index (χ4v) is 2.43. The molecular weight excluding hydrogens is 220 g/mol. The Kier molecular flexibility index (Phi) is 3.08. The summed E-state index contributed by atoms with van der Waals surface area (Å²) in [6.07, 6.45) is 1.75. The third kappa shape index (κ3) is 2.72. The predicted molar refractivity (Wildman–Crippen MR) is 63.8 cm³/mol. The van der Waals surface area contributed by atoms with E-state index in [0.29, 0.717) is 13.1 Å². The van der Waals surface area contributed by atoms with Gasteiger partial charge in [0.05, 0.1) is 13.1 Å². The van der Waals surface area contributed by atoms with Gasteiger partial charge >= 0.3 is 6.09 Å². The molecule has 0 aliphatic carbocycles. The molecule has 17 heavy (non-hydrogen) atoms. The number of amides is 1. The van der Waals surface area contributed by atoms with Gasteiger partial charge in [0.15, 0.2) is 0 Å². The van der Waals surface area contributed by atoms with Gasteiger partial charge in [0.1, 0.15) is 11.2 Å². The van der Waals surface area contributed by atoms with Crippen molar-refractivity contribution in [2.24, 2.45) is 0 Å². The highest BCUT2D eigenvalue weighted by molar-refractivity contribution is 5.69. The highest BCUT2D eigenvalue weighted by Crippen LogP contribution is 2.30. The number of nitrogens with zero attached hydrogens (tertiary/aromatic N) is 1. The van der Waals surface area contributed by atoms with Crippen molar-refractivity contribution in [2.45, 2.75) is 50.9 Å². The minimum absolute atomic E-state index is 0.126. The Bertz CT molecular complexity index is 299. The lowest BCUT2D eigenvalue weighted by atomic mass is 9.85. The van der Waals surface area contributed by atoms with E-state index < -0.39 is 11.2 Å². The van der Waals surface area contributed by atoms with Gasteiger partial charge in [-0.05, 0) is 40.2 Å². The van der Waals surface area contributed by atoms with E-state index in [-0.39, 0.29) is 12.1 Å². The van der Waals surface area contributed by atoms with Crippen LogP contribution >= 0.6 is 0 Å². The van der Waals surface area contributed by atoms with Crippen LogP contribution in [-0.2, 0) is 4.74 Å². The molecule has 2 rings (SSSR count). The molecule has 0 aromatic carbocycles. The summed E-state index contributed by atoms with van der Waals surface area (Å²) in [5.74, 6) is 0. The smallest absolute Gasteiger partial charge is 0.410 e. The van der Waals surface area contributed by atoms with Gasteiger partial charge < -0.3 is 20.1 Å². The van der Waals surface area contributed by atoms with Crippen LogP contribution in [0.3, 0.4) is 0 Å². The second-order valence-corrected chi connectivity index (χ2v) is 6.09. The van der Waals surface area contributed by atoms with Crippen molar-refractivity contribution >= 4 is 6.09 Å². The van der Waals surface area contributed by atoms with E-state index in [1.165, 1.54) is 0 Å². The molecule has 0 aromatic heterocycles. The van der Waals surface area contributed by atoms with Crippen LogP contribution in [0.25, 0.3) is 0 Å². The van der Waals surface area contributed by atoms with Crippen LogP contribution in [-0.4, -0.2) is 53.0 Å². The second kappa shape index (κ2) is 4.14. The van der Waals surface area contributed by atoms with Crippen LogP contribution in [0, 0.1) is 0 Å². The van der Waals surface area contributed by atoms with Crippen molar-refractivity contribution in [1.82, 2.24) is 10.2 Å². The van der Waals surface area contributed by atoms with Crippen molar-refractivity contribution in [3.63, 3.8) is 0 Å². The van der Waals surface area contributed by atoms with Crippen LogP contribution < -0.4 is 5.32 Å². The molecule has 5 heteroatoms. The van der Waals surface area contributed by atoms with Crippen molar-refractivity contribution < 1.29 is 14.6 Å². The van der Waals surface area contributed by atoms with Crippen LogP contribution in [0.1, 0.15) is 33.6 Å². The number of β-amino-alcohol motifs (C(OH)–C–C–N with tert-alkyl or cyclic N) is 1. The number of carbonyl (C=O) groups excluding carboxylic acids is 1. The summed E-state index contributed by atoms with van der Waals surface area (Å²) >= 11 is 0. The van der Waals surface area contributed by atoms with Gasteiger partial charge in [-0.3, -0.25) is 0 Å². The Labute approximate surface area is 102 Å². The van der Waals surface area contributed by atoms with E-state index in [2.05, 4.69) is 5.32 Å². The summed E-state index contributed by atoms with van der Waals surface area (Å²) in [5, 5.41) is 13.6. The standard InChI is InChI=1S/C12H22N2O3/c1-11(2,3)17-10(15)14-7-12(16,8-14)9-5-4-6-13-9/h9,13,16H,4-8H2,1-3H3. The molecular formula is C12H22N2O3. The molecule has 2 aliphatic rings. The van der Waals surface area contributed by atoms with Crippen molar-refractivity contribution in [2.75, 3.05) is 19.6 Å². The highest BCUT2D eigenvalue weighted by atomic mass is 16.6. The lowest BCUT2D eigenvalue weighted by Crippen LogP contribution is -2.70. The number of hydrogen-bond acceptors (Lipinski definition) is 4. The summed E-state index contributed by atoms with van der Waals surface area (Å²) < 4.78 is 5.25. The Balaban J connectivity index is 1.83. The molecule has 0 spiro atoms. The number of likely N-dealkylation sites (tertiary alicyclic amines) is 1. The lowest BCUT2D eigenvalue weighted by Gasteiger charge is -2.49. The molecule has 2 heterocycles. The molecule has 2 N–H and O–H groups in total. The second-order valence-electron chi connectivity index (χ2n) is 6.09. The van der Waals surface area contributed by atoms with Crippen LogP contribution in [0.2, 0.25) is 0 Å². The third-order valence-corrected chi connectivity index (χ3v) is 3.29. The van der Waals surface area contributed by atoms with Gasteiger partial charge in [0.25, 0.3) is 0 Å². The zero-order valence-electron chi connectivity index (χ0n) is 10.8. The highest BCUT2D eigenvalue weighted by Gasteiger charge is 2.50. The number of nitrogens with one attached hydrogen (secondary N) is 1. The van der Waals surface area contributed by atoms with Crippen LogP contribution in [0.5, 0.6) is 0 Å². The molecule has 5 nitrogen and oxygen atoms in total. The molecule has 1 unspecified atom stereocenters. The first kappa shape index (κ1) is 12.6. The summed E-state index contributed by atoms with van der Waals surface area (Å²) in [7, 11) is 0. The van der Waals surface area contributed by atoms with Crippen molar-refractivity contribution in [3.05, 3.63) is 0 Å². The maximum Gasteiger partial charge on any atom is 0.410 e. The minimum Gasteiger partial charge on any atom is -0.444 e. The van der Waals surface area contributed by atoms with Gasteiger partial charge in [0.2, 0.25) is 0 Å². The maximum absolute atomic E-state index is 11.7. The molecule has 1 atom stereocenters. The zero-order valence-corrected chi connectivity index (χ0v) is 10.8. The van der Waals surface area contributed by atoms with Gasteiger partial charge in [-0.2, -0.15) is 0 Å². The van der Waals surface area contributed by atoms with Crippen molar-refractivity contribution in [1.29, 1.82) is 0 Å². The predicted octanol–water partition coefficient (Wildman–Crippen LogP) is 0.720. The average Bonchev–Trinajstić information content (AvgIpc) is 2.62. The first-order valence-corrected chi connectivity index (χ1v) is 6.24. The lowest BCUT2D eigenvalue weighted by molar-refractivity contribution is -0.115. The van der Waals surface area contributed by atoms with Gasteiger partial charge in [0, 0.05) is 6.04 Å². The third-order valence-electron chi connectivity index (χ3n) is 3.29. The number of hydrogen-bond donors (Lipinski definition) is 2. The monoisotopic (exact) mass is 242 g/mol.